The molecule has 2 atom stereocenters. The predicted molar refractivity (Wildman–Crippen MR) is 59.3 cm³/mol. The normalized spacial score (nSPS) is 26.8. The average Bonchev–Trinajstić information content (AvgIpc) is 2.26. The maximum Gasteiger partial charge on any atom is 0.127 e. The average molecular weight is 228 g/mol. The van der Waals surface area contributed by atoms with Crippen LogP contribution in [0.5, 0.6) is 0 Å². The van der Waals surface area contributed by atoms with Crippen LogP contribution in [-0.2, 0) is 4.74 Å². The molecule has 4 heteroatoms. The highest BCUT2D eigenvalue weighted by Gasteiger charge is 2.26. The zero-order valence-electron chi connectivity index (χ0n) is 9.32. The molecule has 0 bridgehead atoms. The monoisotopic (exact) mass is 228 g/mol. The lowest BCUT2D eigenvalue weighted by Crippen LogP contribution is -2.34. The number of aliphatic hydroxyl groups is 2. The fraction of sp³-hybridized carbons (Fsp3) is 0.500. The molecule has 1 fully saturated rings. The molecular weight excluding hydrogens is 211 g/mol. The summed E-state index contributed by atoms with van der Waals surface area (Å²) in [5, 5.41) is 18.3. The Bertz CT molecular complexity index is 316. The fourth-order valence-electron chi connectivity index (χ4n) is 1.48. The highest BCUT2D eigenvalue weighted by molar-refractivity contribution is 5.29. The number of hydrogen-bond acceptors (Lipinski definition) is 3. The van der Waals surface area contributed by atoms with Gasteiger partial charge in [-0.25, -0.2) is 4.39 Å². The summed E-state index contributed by atoms with van der Waals surface area (Å²) < 4.78 is 18.0. The Hall–Kier alpha value is -1.13. The van der Waals surface area contributed by atoms with Crippen LogP contribution in [0.3, 0.4) is 0 Å². The largest absolute Gasteiger partial charge is 0.487 e. The van der Waals surface area contributed by atoms with E-state index in [1.54, 1.807) is 0 Å². The molecule has 0 aliphatic carbocycles. The number of allylic oxidation sites excluding steroid dienone is 4. The van der Waals surface area contributed by atoms with E-state index in [1.807, 2.05) is 0 Å². The quantitative estimate of drug-likeness (QED) is 0.774. The highest BCUT2D eigenvalue weighted by atomic mass is 19.1. The van der Waals surface area contributed by atoms with Gasteiger partial charge in [0.15, 0.2) is 0 Å². The molecule has 0 aromatic carbocycles. The summed E-state index contributed by atoms with van der Waals surface area (Å²) in [6, 6.07) is 0. The lowest BCUT2D eigenvalue weighted by atomic mass is 9.99. The van der Waals surface area contributed by atoms with Gasteiger partial charge in [-0.3, -0.25) is 0 Å². The third-order valence-corrected chi connectivity index (χ3v) is 2.44. The molecule has 0 amide bonds. The molecule has 2 N–H and O–H groups in total. The summed E-state index contributed by atoms with van der Waals surface area (Å²) >= 11 is 0. The zero-order valence-corrected chi connectivity index (χ0v) is 9.32. The van der Waals surface area contributed by atoms with Crippen molar-refractivity contribution in [3.63, 3.8) is 0 Å². The Morgan fingerprint density at radius 3 is 3.00 bits per heavy atom. The first-order valence-corrected chi connectivity index (χ1v) is 5.22. The number of halogens is 1. The summed E-state index contributed by atoms with van der Waals surface area (Å²) in [5.41, 5.74) is 0.777. The topological polar surface area (TPSA) is 49.7 Å². The van der Waals surface area contributed by atoms with Crippen molar-refractivity contribution in [3.8, 4) is 0 Å². The Morgan fingerprint density at radius 2 is 2.44 bits per heavy atom. The van der Waals surface area contributed by atoms with E-state index >= 15 is 0 Å². The van der Waals surface area contributed by atoms with Crippen LogP contribution < -0.4 is 0 Å². The number of aliphatic hydroxyl groups excluding tert-OH is 2. The molecule has 1 saturated heterocycles. The van der Waals surface area contributed by atoms with Crippen molar-refractivity contribution in [2.45, 2.75) is 32.0 Å². The summed E-state index contributed by atoms with van der Waals surface area (Å²) in [6.45, 7) is 4.80. The van der Waals surface area contributed by atoms with Gasteiger partial charge in [-0.05, 0) is 37.5 Å². The minimum absolute atomic E-state index is 0.325. The van der Waals surface area contributed by atoms with Crippen LogP contribution in [0.1, 0.15) is 19.8 Å². The van der Waals surface area contributed by atoms with Crippen molar-refractivity contribution in [3.05, 3.63) is 35.9 Å². The molecule has 0 aromatic rings. The van der Waals surface area contributed by atoms with Gasteiger partial charge in [0.05, 0.1) is 12.4 Å². The molecular formula is C12H17FO3. The summed E-state index contributed by atoms with van der Waals surface area (Å²) in [6.07, 6.45) is 2.70. The first-order valence-electron chi connectivity index (χ1n) is 5.22. The number of rotatable bonds is 3. The van der Waals surface area contributed by atoms with E-state index in [0.717, 1.165) is 5.57 Å². The zero-order chi connectivity index (χ0) is 12.1. The second-order valence-corrected chi connectivity index (χ2v) is 3.83. The first-order chi connectivity index (χ1) is 7.54. The maximum absolute atomic E-state index is 12.5. The molecule has 1 aliphatic heterocycles. The summed E-state index contributed by atoms with van der Waals surface area (Å²) in [7, 11) is 0. The van der Waals surface area contributed by atoms with Crippen LogP contribution in [0.4, 0.5) is 4.39 Å². The standard InChI is InChI=1S/C12H17FO3/c1-8-3-5-12(10(15)7-14)16-11(8)6-4-9(2)13/h4,6,10,12,14-15H,1,3,5,7H2,2H3/b9-4+,11-6+. The molecule has 0 spiro atoms. The summed E-state index contributed by atoms with van der Waals surface area (Å²) in [5.74, 6) is 0.148. The summed E-state index contributed by atoms with van der Waals surface area (Å²) in [4.78, 5) is 0. The molecule has 3 nitrogen and oxygen atoms in total. The van der Waals surface area contributed by atoms with Gasteiger partial charge in [0.1, 0.15) is 18.0 Å². The lowest BCUT2D eigenvalue weighted by molar-refractivity contribution is -0.0406. The molecule has 90 valence electrons. The van der Waals surface area contributed by atoms with Crippen molar-refractivity contribution in [2.75, 3.05) is 6.61 Å². The van der Waals surface area contributed by atoms with E-state index in [-0.39, 0.29) is 12.4 Å². The van der Waals surface area contributed by atoms with Gasteiger partial charge in [-0.2, -0.15) is 0 Å². The second kappa shape index (κ2) is 5.82. The van der Waals surface area contributed by atoms with Crippen molar-refractivity contribution < 1.29 is 19.3 Å². The van der Waals surface area contributed by atoms with Gasteiger partial charge in [-0.1, -0.05) is 6.58 Å². The Balaban J connectivity index is 2.73. The molecule has 0 radical (unpaired) electrons. The minimum atomic E-state index is -0.910. The smallest absolute Gasteiger partial charge is 0.127 e. The first kappa shape index (κ1) is 12.9. The van der Waals surface area contributed by atoms with Gasteiger partial charge < -0.3 is 14.9 Å². The third kappa shape index (κ3) is 3.47. The Morgan fingerprint density at radius 1 is 1.75 bits per heavy atom. The van der Waals surface area contributed by atoms with E-state index in [1.165, 1.54) is 19.1 Å². The third-order valence-electron chi connectivity index (χ3n) is 2.44. The van der Waals surface area contributed by atoms with Gasteiger partial charge in [0.2, 0.25) is 0 Å². The van der Waals surface area contributed by atoms with E-state index in [9.17, 15) is 9.50 Å². The van der Waals surface area contributed by atoms with Crippen LogP contribution in [0.25, 0.3) is 0 Å². The predicted octanol–water partition coefficient (Wildman–Crippen LogP) is 1.83. The van der Waals surface area contributed by atoms with Crippen molar-refractivity contribution in [1.82, 2.24) is 0 Å². The minimum Gasteiger partial charge on any atom is -0.487 e. The van der Waals surface area contributed by atoms with Crippen LogP contribution in [-0.4, -0.2) is 29.0 Å². The van der Waals surface area contributed by atoms with Crippen LogP contribution in [0, 0.1) is 0 Å². The second-order valence-electron chi connectivity index (χ2n) is 3.83. The van der Waals surface area contributed by atoms with Crippen LogP contribution in [0.15, 0.2) is 35.9 Å². The Kier molecular flexibility index (Phi) is 4.71. The molecule has 2 unspecified atom stereocenters. The van der Waals surface area contributed by atoms with E-state index in [4.69, 9.17) is 9.84 Å². The molecule has 0 aromatic heterocycles. The van der Waals surface area contributed by atoms with Crippen molar-refractivity contribution >= 4 is 0 Å². The SMILES string of the molecule is C=C1CCC(C(O)CO)O/C1=C/C=C(\C)F. The van der Waals surface area contributed by atoms with Crippen LogP contribution >= 0.6 is 0 Å². The van der Waals surface area contributed by atoms with E-state index in [2.05, 4.69) is 6.58 Å². The van der Waals surface area contributed by atoms with Crippen molar-refractivity contribution in [1.29, 1.82) is 0 Å². The molecule has 16 heavy (non-hydrogen) atoms. The molecule has 1 aliphatic rings. The molecule has 1 heterocycles. The van der Waals surface area contributed by atoms with Gasteiger partial charge >= 0.3 is 0 Å². The molecule has 1 rings (SSSR count). The van der Waals surface area contributed by atoms with E-state index < -0.39 is 12.2 Å². The highest BCUT2D eigenvalue weighted by Crippen LogP contribution is 2.28. The maximum atomic E-state index is 12.5. The van der Waals surface area contributed by atoms with Gasteiger partial charge in [0, 0.05) is 0 Å². The number of hydrogen-bond donors (Lipinski definition) is 2. The van der Waals surface area contributed by atoms with E-state index in [0.29, 0.717) is 18.6 Å². The number of ether oxygens (including phenoxy) is 1. The Labute approximate surface area is 94.5 Å². The lowest BCUT2D eigenvalue weighted by Gasteiger charge is -2.30. The van der Waals surface area contributed by atoms with Gasteiger partial charge in [0.25, 0.3) is 0 Å². The van der Waals surface area contributed by atoms with Gasteiger partial charge in [-0.15, -0.1) is 0 Å². The molecule has 0 saturated carbocycles. The fourth-order valence-corrected chi connectivity index (χ4v) is 1.48. The van der Waals surface area contributed by atoms with Crippen LogP contribution in [0.2, 0.25) is 0 Å². The van der Waals surface area contributed by atoms with Crippen molar-refractivity contribution in [2.24, 2.45) is 0 Å².